The highest BCUT2D eigenvalue weighted by atomic mass is 32.1. The Bertz CT molecular complexity index is 2420. The van der Waals surface area contributed by atoms with Crippen molar-refractivity contribution in [2.45, 2.75) is 89.8 Å². The van der Waals surface area contributed by atoms with Gasteiger partial charge >= 0.3 is 0 Å². The highest BCUT2D eigenvalue weighted by Crippen LogP contribution is 2.78. The number of ketones is 1. The van der Waals surface area contributed by atoms with E-state index < -0.39 is 28.6 Å². The number of carbonyl (C=O) groups excluding carboxylic acids is 1. The van der Waals surface area contributed by atoms with E-state index in [4.69, 9.17) is 4.74 Å². The number of allylic oxidation sites excluding steroid dienone is 4. The van der Waals surface area contributed by atoms with E-state index in [-0.39, 0.29) is 35.1 Å². The molecule has 1 unspecified atom stereocenters. The summed E-state index contributed by atoms with van der Waals surface area (Å²) >= 11 is 1.58. The normalized spacial score (nSPS) is 33.8. The van der Waals surface area contributed by atoms with Crippen LogP contribution >= 0.6 is 11.3 Å². The number of aliphatic hydroxyl groups is 3. The van der Waals surface area contributed by atoms with Crippen LogP contribution in [0, 0.1) is 33.5 Å². The lowest BCUT2D eigenvalue weighted by Crippen LogP contribution is -2.67. The average Bonchev–Trinajstić information content (AvgIpc) is 3.79. The lowest BCUT2D eigenvalue weighted by Gasteiger charge is -2.71. The van der Waals surface area contributed by atoms with E-state index in [2.05, 4.69) is 97.6 Å². The van der Waals surface area contributed by atoms with Crippen LogP contribution in [0.25, 0.3) is 20.9 Å². The van der Waals surface area contributed by atoms with Crippen LogP contribution in [0.4, 0.5) is 0 Å². The predicted octanol–water partition coefficient (Wildman–Crippen LogP) is 9.91. The van der Waals surface area contributed by atoms with Crippen molar-refractivity contribution in [2.75, 3.05) is 19.7 Å². The summed E-state index contributed by atoms with van der Waals surface area (Å²) in [4.78, 5) is 18.3. The van der Waals surface area contributed by atoms with E-state index in [0.29, 0.717) is 39.1 Å². The molecular formula is C52H57NO5S. The van der Waals surface area contributed by atoms with Gasteiger partial charge < -0.3 is 20.1 Å². The number of nitrogens with zero attached hydrogens (tertiary/aromatic N) is 1. The second-order valence-electron chi connectivity index (χ2n) is 19.3. The maximum Gasteiger partial charge on any atom is 0.199 e. The Hall–Kier alpha value is -3.95. The lowest BCUT2D eigenvalue weighted by atomic mass is 9.32. The maximum atomic E-state index is 15.2. The van der Waals surface area contributed by atoms with Crippen LogP contribution in [0.3, 0.4) is 0 Å². The van der Waals surface area contributed by atoms with Gasteiger partial charge in [0.1, 0.15) is 0 Å². The number of fused-ring (bicyclic) bond motifs is 3. The van der Waals surface area contributed by atoms with Gasteiger partial charge in [0.05, 0.1) is 35.9 Å². The molecule has 306 valence electrons. The first kappa shape index (κ1) is 39.2. The van der Waals surface area contributed by atoms with E-state index in [0.717, 1.165) is 63.8 Å². The summed E-state index contributed by atoms with van der Waals surface area (Å²) in [5, 5.41) is 39.6. The molecule has 5 aromatic rings. The summed E-state index contributed by atoms with van der Waals surface area (Å²) in [6.07, 6.45) is 11.5. The fourth-order valence-electron chi connectivity index (χ4n) is 13.3. The molecular weight excluding hydrogens is 751 g/mol. The fourth-order valence-corrected chi connectivity index (χ4v) is 14.3. The molecule has 2 spiro atoms. The minimum atomic E-state index is -1.07. The molecule has 4 aromatic carbocycles. The van der Waals surface area contributed by atoms with Gasteiger partial charge in [0.15, 0.2) is 5.78 Å². The highest BCUT2D eigenvalue weighted by Gasteiger charge is 2.74. The van der Waals surface area contributed by atoms with Crippen molar-refractivity contribution < 1.29 is 24.9 Å². The number of thiophene rings is 1. The van der Waals surface area contributed by atoms with Crippen molar-refractivity contribution in [2.24, 2.45) is 33.5 Å². The van der Waals surface area contributed by atoms with E-state index in [1.165, 1.54) is 10.8 Å². The standard InChI is InChI=1S/C52H57NO5S/c1-48-22-19-39(54)28-50(48)25-26-52(42(29-50)47(56)44-27-37-14-7-9-18-43(37)59-44)45(48)20-23-49(2)46(52)21-24-51(49,57)34-53(30-38-16-10-15-36-13-6-8-17-41(36)38)31-40(55)33-58-32-35-11-4-3-5-12-35/h3-18,25-27,29,39-40,45-46,54-55,57H,19-24,28,30-34H2,1-2H3/t39?,40-,45-,46-,48-,49+,50+,51-,52-/m1/s1. The Labute approximate surface area is 352 Å². The summed E-state index contributed by atoms with van der Waals surface area (Å²) < 4.78 is 7.16. The third kappa shape index (κ3) is 6.17. The van der Waals surface area contributed by atoms with Crippen LogP contribution in [0.15, 0.2) is 127 Å². The van der Waals surface area contributed by atoms with Crippen LogP contribution in [-0.2, 0) is 17.9 Å². The molecule has 1 aromatic heterocycles. The highest BCUT2D eigenvalue weighted by molar-refractivity contribution is 7.21. The molecule has 1 heterocycles. The Morgan fingerprint density at radius 2 is 1.56 bits per heavy atom. The van der Waals surface area contributed by atoms with E-state index >= 15 is 4.79 Å². The quantitative estimate of drug-likeness (QED) is 0.0860. The molecule has 6 aliphatic carbocycles. The smallest absolute Gasteiger partial charge is 0.199 e. The van der Waals surface area contributed by atoms with Gasteiger partial charge in [-0.3, -0.25) is 9.69 Å². The zero-order valence-corrected chi connectivity index (χ0v) is 35.2. The summed E-state index contributed by atoms with van der Waals surface area (Å²) in [6.45, 7) is 6.70. The molecule has 6 aliphatic rings. The van der Waals surface area contributed by atoms with Crippen LogP contribution in [0.5, 0.6) is 0 Å². The van der Waals surface area contributed by atoms with Crippen molar-refractivity contribution in [3.63, 3.8) is 0 Å². The average molecular weight is 808 g/mol. The zero-order chi connectivity index (χ0) is 40.6. The van der Waals surface area contributed by atoms with E-state index in [1.807, 2.05) is 42.5 Å². The minimum absolute atomic E-state index is 0.0417. The molecule has 3 saturated carbocycles. The Kier molecular flexibility index (Phi) is 9.71. The maximum absolute atomic E-state index is 15.2. The number of Topliss-reactive ketones (excluding diaryl/α,β-unsaturated/α-hetero) is 1. The molecule has 6 nitrogen and oxygen atoms in total. The molecule has 0 aliphatic heterocycles. The third-order valence-corrected chi connectivity index (χ3v) is 17.4. The Morgan fingerprint density at radius 3 is 2.39 bits per heavy atom. The van der Waals surface area contributed by atoms with Gasteiger partial charge in [-0.2, -0.15) is 0 Å². The van der Waals surface area contributed by atoms with Gasteiger partial charge in [-0.05, 0) is 102 Å². The molecule has 9 atom stereocenters. The summed E-state index contributed by atoms with van der Waals surface area (Å²) in [5.41, 5.74) is 0.540. The van der Waals surface area contributed by atoms with Gasteiger partial charge in [-0.25, -0.2) is 0 Å². The minimum Gasteiger partial charge on any atom is -0.393 e. The zero-order valence-electron chi connectivity index (χ0n) is 34.4. The number of aliphatic hydroxyl groups excluding tert-OH is 2. The van der Waals surface area contributed by atoms with Gasteiger partial charge in [0.25, 0.3) is 0 Å². The molecule has 3 fully saturated rings. The Balaban J connectivity index is 1.00. The first-order valence-electron chi connectivity index (χ1n) is 21.8. The van der Waals surface area contributed by atoms with Gasteiger partial charge in [-0.1, -0.05) is 123 Å². The van der Waals surface area contributed by atoms with Crippen molar-refractivity contribution in [3.05, 3.63) is 143 Å². The molecule has 0 amide bonds. The van der Waals surface area contributed by atoms with Crippen LogP contribution in [0.1, 0.15) is 79.6 Å². The first-order valence-corrected chi connectivity index (χ1v) is 22.6. The van der Waals surface area contributed by atoms with Gasteiger partial charge in [0, 0.05) is 46.2 Å². The van der Waals surface area contributed by atoms with Crippen molar-refractivity contribution >= 4 is 38.0 Å². The van der Waals surface area contributed by atoms with Crippen LogP contribution in [-0.4, -0.2) is 63.5 Å². The second kappa shape index (κ2) is 14.6. The molecule has 2 bridgehead atoms. The van der Waals surface area contributed by atoms with E-state index in [9.17, 15) is 15.3 Å². The second-order valence-corrected chi connectivity index (χ2v) is 20.3. The molecule has 0 saturated heterocycles. The Morgan fingerprint density at radius 1 is 0.847 bits per heavy atom. The topological polar surface area (TPSA) is 90.2 Å². The number of hydrogen-bond donors (Lipinski definition) is 3. The van der Waals surface area contributed by atoms with Crippen molar-refractivity contribution in [1.82, 2.24) is 4.90 Å². The van der Waals surface area contributed by atoms with E-state index in [1.54, 1.807) is 11.3 Å². The van der Waals surface area contributed by atoms with Crippen molar-refractivity contribution in [3.8, 4) is 0 Å². The summed E-state index contributed by atoms with van der Waals surface area (Å²) in [5.74, 6) is 0.375. The summed E-state index contributed by atoms with van der Waals surface area (Å²) in [7, 11) is 0. The lowest BCUT2D eigenvalue weighted by molar-refractivity contribution is -0.177. The van der Waals surface area contributed by atoms with Crippen LogP contribution in [0.2, 0.25) is 0 Å². The number of carbonyl (C=O) groups is 1. The molecule has 59 heavy (non-hydrogen) atoms. The number of ether oxygens (including phenoxy) is 1. The number of hydrogen-bond acceptors (Lipinski definition) is 7. The monoisotopic (exact) mass is 807 g/mol. The van der Waals surface area contributed by atoms with Crippen molar-refractivity contribution in [1.29, 1.82) is 0 Å². The summed E-state index contributed by atoms with van der Waals surface area (Å²) in [6, 6.07) is 35.2. The van der Waals surface area contributed by atoms with Gasteiger partial charge in [-0.15, -0.1) is 11.3 Å². The third-order valence-electron chi connectivity index (χ3n) is 16.3. The fraction of sp³-hybridized carbons (Fsp3) is 0.442. The molecule has 7 heteroatoms. The first-order chi connectivity index (χ1) is 28.5. The molecule has 11 rings (SSSR count). The predicted molar refractivity (Wildman–Crippen MR) is 236 cm³/mol. The van der Waals surface area contributed by atoms with Gasteiger partial charge in [0.2, 0.25) is 0 Å². The molecule has 0 radical (unpaired) electrons. The SMILES string of the molecule is C[C@]12CC[C@H]3[C@]4(C=C[C@@]5(C=C4C(=O)c4cc6ccccc6s4)CC(O)CC[C@]35C)[C@@H]1CC[C@@]2(O)CN(Cc1cccc2ccccc12)C[C@@H](O)COCc1ccccc1. The van der Waals surface area contributed by atoms with Crippen LogP contribution < -0.4 is 0 Å². The number of rotatable bonds is 12. The molecule has 3 N–H and O–H groups in total. The number of benzene rings is 4. The largest absolute Gasteiger partial charge is 0.393 e.